The Bertz CT molecular complexity index is 483. The summed E-state index contributed by atoms with van der Waals surface area (Å²) >= 11 is 0. The van der Waals surface area contributed by atoms with Crippen molar-refractivity contribution in [2.45, 2.75) is 57.6 Å². The van der Waals surface area contributed by atoms with Crippen LogP contribution in [0.3, 0.4) is 0 Å². The van der Waals surface area contributed by atoms with Crippen molar-refractivity contribution >= 4 is 5.91 Å². The average Bonchev–Trinajstić information content (AvgIpc) is 2.95. The highest BCUT2D eigenvalue weighted by molar-refractivity contribution is 5.78. The zero-order chi connectivity index (χ0) is 15.8. The van der Waals surface area contributed by atoms with Gasteiger partial charge in [0.05, 0.1) is 6.10 Å². The Morgan fingerprint density at radius 1 is 1.32 bits per heavy atom. The lowest BCUT2D eigenvalue weighted by Crippen LogP contribution is -2.24. The van der Waals surface area contributed by atoms with Crippen LogP contribution in [0.1, 0.15) is 44.6 Å². The third-order valence-corrected chi connectivity index (χ3v) is 4.37. The Balaban J connectivity index is 1.62. The molecular weight excluding hydrogens is 274 g/mol. The first-order valence-corrected chi connectivity index (χ1v) is 8.35. The van der Waals surface area contributed by atoms with Crippen LogP contribution in [0.4, 0.5) is 0 Å². The molecular formula is C19H27NO2. The minimum Gasteiger partial charge on any atom is -0.389 e. The summed E-state index contributed by atoms with van der Waals surface area (Å²) < 4.78 is 0. The molecule has 0 bridgehead atoms. The number of carbonyl (C=O) groups excluding carboxylic acids is 1. The second-order valence-corrected chi connectivity index (χ2v) is 6.30. The molecule has 2 N–H and O–H groups in total. The number of rotatable bonds is 8. The number of unbranched alkanes of at least 4 members (excludes halogenated alkanes) is 1. The Hall–Kier alpha value is -1.61. The van der Waals surface area contributed by atoms with Gasteiger partial charge in [-0.25, -0.2) is 0 Å². The summed E-state index contributed by atoms with van der Waals surface area (Å²) in [5.41, 5.74) is 1.38. The highest BCUT2D eigenvalue weighted by Crippen LogP contribution is 2.16. The van der Waals surface area contributed by atoms with Crippen molar-refractivity contribution in [2.75, 3.05) is 0 Å². The predicted octanol–water partition coefficient (Wildman–Crippen LogP) is 3.23. The van der Waals surface area contributed by atoms with Crippen LogP contribution in [-0.2, 0) is 11.2 Å². The van der Waals surface area contributed by atoms with Gasteiger partial charge < -0.3 is 10.4 Å². The van der Waals surface area contributed by atoms with E-state index >= 15 is 0 Å². The molecule has 3 nitrogen and oxygen atoms in total. The summed E-state index contributed by atoms with van der Waals surface area (Å²) in [6.45, 7) is 2.09. The van der Waals surface area contributed by atoms with Gasteiger partial charge in [0.25, 0.3) is 0 Å². The Morgan fingerprint density at radius 3 is 2.77 bits per heavy atom. The van der Waals surface area contributed by atoms with E-state index in [-0.39, 0.29) is 17.9 Å². The Morgan fingerprint density at radius 2 is 2.09 bits per heavy atom. The van der Waals surface area contributed by atoms with Crippen LogP contribution in [0.2, 0.25) is 0 Å². The van der Waals surface area contributed by atoms with E-state index in [0.717, 1.165) is 32.1 Å². The maximum atomic E-state index is 11.1. The first-order chi connectivity index (χ1) is 10.6. The molecule has 1 aromatic rings. The van der Waals surface area contributed by atoms with Crippen molar-refractivity contribution in [3.05, 3.63) is 48.0 Å². The Kier molecular flexibility index (Phi) is 6.66. The molecule has 1 aliphatic heterocycles. The number of benzene rings is 1. The lowest BCUT2D eigenvalue weighted by atomic mass is 9.95. The van der Waals surface area contributed by atoms with E-state index in [9.17, 15) is 9.90 Å². The highest BCUT2D eigenvalue weighted by atomic mass is 16.3. The highest BCUT2D eigenvalue weighted by Gasteiger charge is 2.18. The zero-order valence-corrected chi connectivity index (χ0v) is 13.4. The van der Waals surface area contributed by atoms with Gasteiger partial charge in [-0.2, -0.15) is 0 Å². The summed E-state index contributed by atoms with van der Waals surface area (Å²) in [7, 11) is 0. The standard InChI is InChI=1S/C19H27NO2/c1-15(7-5-6-10-16-8-3-2-4-9-16)18(21)13-11-17-12-14-19(22)20-17/h2-4,8-9,11,13,15,17-18,21H,5-7,10,12,14H2,1H3,(H,20,22)/b13-11+/t15-,17-,18-/m0/s1. The van der Waals surface area contributed by atoms with Gasteiger partial charge in [-0.1, -0.05) is 55.8 Å². The molecule has 0 unspecified atom stereocenters. The van der Waals surface area contributed by atoms with Crippen molar-refractivity contribution < 1.29 is 9.90 Å². The summed E-state index contributed by atoms with van der Waals surface area (Å²) in [4.78, 5) is 11.1. The van der Waals surface area contributed by atoms with E-state index in [4.69, 9.17) is 0 Å². The maximum absolute atomic E-state index is 11.1. The number of hydrogen-bond donors (Lipinski definition) is 2. The van der Waals surface area contributed by atoms with Crippen LogP contribution in [0.5, 0.6) is 0 Å². The summed E-state index contributed by atoms with van der Waals surface area (Å²) in [6.07, 6.45) is 9.21. The van der Waals surface area contributed by atoms with Gasteiger partial charge in [-0.15, -0.1) is 0 Å². The van der Waals surface area contributed by atoms with Crippen LogP contribution >= 0.6 is 0 Å². The third kappa shape index (κ3) is 5.64. The van der Waals surface area contributed by atoms with Gasteiger partial charge in [0, 0.05) is 12.5 Å². The number of amides is 1. The number of aliphatic hydroxyl groups excluding tert-OH is 1. The van der Waals surface area contributed by atoms with Crippen LogP contribution in [-0.4, -0.2) is 23.2 Å². The van der Waals surface area contributed by atoms with Crippen LogP contribution in [0.15, 0.2) is 42.5 Å². The smallest absolute Gasteiger partial charge is 0.220 e. The average molecular weight is 301 g/mol. The Labute approximate surface area is 133 Å². The van der Waals surface area contributed by atoms with Gasteiger partial charge in [0.2, 0.25) is 5.91 Å². The fourth-order valence-corrected chi connectivity index (χ4v) is 2.83. The van der Waals surface area contributed by atoms with Gasteiger partial charge in [-0.3, -0.25) is 4.79 Å². The molecule has 1 heterocycles. The first kappa shape index (κ1) is 16.8. The molecule has 1 aliphatic rings. The molecule has 1 aromatic carbocycles. The molecule has 22 heavy (non-hydrogen) atoms. The van der Waals surface area contributed by atoms with Crippen molar-refractivity contribution in [3.63, 3.8) is 0 Å². The molecule has 3 heteroatoms. The first-order valence-electron chi connectivity index (χ1n) is 8.35. The lowest BCUT2D eigenvalue weighted by Gasteiger charge is -2.16. The maximum Gasteiger partial charge on any atom is 0.220 e. The van der Waals surface area contributed by atoms with E-state index < -0.39 is 6.10 Å². The van der Waals surface area contributed by atoms with E-state index in [1.54, 1.807) is 0 Å². The second-order valence-electron chi connectivity index (χ2n) is 6.30. The van der Waals surface area contributed by atoms with E-state index in [1.165, 1.54) is 5.56 Å². The largest absolute Gasteiger partial charge is 0.389 e. The van der Waals surface area contributed by atoms with Crippen LogP contribution < -0.4 is 5.32 Å². The van der Waals surface area contributed by atoms with Crippen molar-refractivity contribution in [3.8, 4) is 0 Å². The van der Waals surface area contributed by atoms with Gasteiger partial charge in [0.1, 0.15) is 0 Å². The fourth-order valence-electron chi connectivity index (χ4n) is 2.83. The summed E-state index contributed by atoms with van der Waals surface area (Å²) in [5, 5.41) is 13.0. The molecule has 3 atom stereocenters. The van der Waals surface area contributed by atoms with Crippen molar-refractivity contribution in [1.82, 2.24) is 5.32 Å². The summed E-state index contributed by atoms with van der Waals surface area (Å²) in [5.74, 6) is 0.363. The van der Waals surface area contributed by atoms with E-state index in [2.05, 4.69) is 36.5 Å². The molecule has 0 aliphatic carbocycles. The van der Waals surface area contributed by atoms with Crippen LogP contribution in [0, 0.1) is 5.92 Å². The third-order valence-electron chi connectivity index (χ3n) is 4.37. The minimum atomic E-state index is -0.422. The zero-order valence-electron chi connectivity index (χ0n) is 13.4. The molecule has 1 fully saturated rings. The lowest BCUT2D eigenvalue weighted by molar-refractivity contribution is -0.119. The fraction of sp³-hybridized carbons (Fsp3) is 0.526. The number of aryl methyl sites for hydroxylation is 1. The number of aliphatic hydroxyl groups is 1. The van der Waals surface area contributed by atoms with Gasteiger partial charge in [-0.05, 0) is 37.2 Å². The van der Waals surface area contributed by atoms with Crippen molar-refractivity contribution in [1.29, 1.82) is 0 Å². The molecule has 0 aromatic heterocycles. The predicted molar refractivity (Wildman–Crippen MR) is 89.5 cm³/mol. The molecule has 1 saturated heterocycles. The molecule has 1 amide bonds. The SMILES string of the molecule is C[C@@H](CCCCc1ccccc1)[C@@H](O)/C=C/[C@H]1CCC(=O)N1. The van der Waals surface area contributed by atoms with Crippen LogP contribution in [0.25, 0.3) is 0 Å². The number of carbonyl (C=O) groups is 1. The molecule has 120 valence electrons. The van der Waals surface area contributed by atoms with E-state index in [1.807, 2.05) is 18.2 Å². The van der Waals surface area contributed by atoms with E-state index in [0.29, 0.717) is 6.42 Å². The molecule has 0 saturated carbocycles. The second kappa shape index (κ2) is 8.74. The normalized spacial score (nSPS) is 21.0. The molecule has 2 rings (SSSR count). The minimum absolute atomic E-state index is 0.104. The molecule has 0 radical (unpaired) electrons. The van der Waals surface area contributed by atoms with Gasteiger partial charge >= 0.3 is 0 Å². The van der Waals surface area contributed by atoms with Crippen molar-refractivity contribution in [2.24, 2.45) is 5.92 Å². The number of nitrogens with one attached hydrogen (secondary N) is 1. The quantitative estimate of drug-likeness (QED) is 0.572. The van der Waals surface area contributed by atoms with Gasteiger partial charge in [0.15, 0.2) is 0 Å². The monoisotopic (exact) mass is 301 g/mol. The topological polar surface area (TPSA) is 49.3 Å². The summed E-state index contributed by atoms with van der Waals surface area (Å²) in [6, 6.07) is 10.6. The molecule has 0 spiro atoms. The number of hydrogen-bond acceptors (Lipinski definition) is 2.